The maximum absolute atomic E-state index is 5.81. The van der Waals surface area contributed by atoms with Gasteiger partial charge in [0.1, 0.15) is 12.0 Å². The van der Waals surface area contributed by atoms with Crippen LogP contribution in [0.25, 0.3) is 50.5 Å². The summed E-state index contributed by atoms with van der Waals surface area (Å²) in [6, 6.07) is 55.5. The molecule has 0 amide bonds. The Morgan fingerprint density at radius 1 is 0.656 bits per heavy atom. The van der Waals surface area contributed by atoms with Crippen molar-refractivity contribution in [2.45, 2.75) is 44.2 Å². The Morgan fingerprint density at radius 2 is 1.33 bits per heavy atom. The molecule has 6 aromatic carbocycles. The van der Waals surface area contributed by atoms with Crippen LogP contribution in [0.4, 0.5) is 0 Å². The lowest BCUT2D eigenvalue weighted by atomic mass is 9.59. The summed E-state index contributed by atoms with van der Waals surface area (Å²) in [4.78, 5) is 13.7. The molecule has 3 heterocycles. The van der Waals surface area contributed by atoms with Crippen molar-refractivity contribution in [1.29, 1.82) is 0 Å². The van der Waals surface area contributed by atoms with E-state index in [2.05, 4.69) is 219 Å². The first-order chi connectivity index (χ1) is 29.8. The zero-order valence-corrected chi connectivity index (χ0v) is 35.1. The predicted molar refractivity (Wildman–Crippen MR) is 253 cm³/mol. The molecule has 0 N–H and O–H groups in total. The molecule has 4 heteroatoms. The highest BCUT2D eigenvalue weighted by molar-refractivity contribution is 6.29. The fraction of sp³-hybridized carbons (Fsp3) is 0.193. The normalized spacial score (nSPS) is 25.6. The van der Waals surface area contributed by atoms with Crippen LogP contribution >= 0.6 is 0 Å². The molecule has 0 fully saturated rings. The van der Waals surface area contributed by atoms with Crippen LogP contribution in [-0.2, 0) is 10.8 Å². The fourth-order valence-corrected chi connectivity index (χ4v) is 11.7. The summed E-state index contributed by atoms with van der Waals surface area (Å²) in [5.41, 5.74) is 16.0. The van der Waals surface area contributed by atoms with E-state index >= 15 is 0 Å². The molecular weight excluding hydrogens is 741 g/mol. The first-order valence-corrected chi connectivity index (χ1v) is 21.9. The lowest BCUT2D eigenvalue weighted by Gasteiger charge is -2.47. The molecule has 7 aromatic rings. The molecule has 0 saturated heterocycles. The number of benzene rings is 6. The average molecular weight is 789 g/mol. The van der Waals surface area contributed by atoms with Crippen molar-refractivity contribution >= 4 is 34.2 Å². The second kappa shape index (κ2) is 13.4. The third-order valence-corrected chi connectivity index (χ3v) is 15.1. The van der Waals surface area contributed by atoms with E-state index in [0.717, 1.165) is 29.2 Å². The van der Waals surface area contributed by atoms with Crippen LogP contribution in [0.1, 0.15) is 60.7 Å². The van der Waals surface area contributed by atoms with Crippen LogP contribution in [0.5, 0.6) is 0 Å². The quantitative estimate of drug-likeness (QED) is 0.160. The molecule has 3 aliphatic carbocycles. The van der Waals surface area contributed by atoms with E-state index < -0.39 is 0 Å². The average Bonchev–Trinajstić information content (AvgIpc) is 3.61. The predicted octanol–water partition coefficient (Wildman–Crippen LogP) is 12.9. The Balaban J connectivity index is 1.02. The van der Waals surface area contributed by atoms with Crippen molar-refractivity contribution < 1.29 is 0 Å². The van der Waals surface area contributed by atoms with Crippen molar-refractivity contribution in [2.24, 2.45) is 27.7 Å². The van der Waals surface area contributed by atoms with Crippen molar-refractivity contribution in [3.05, 3.63) is 209 Å². The van der Waals surface area contributed by atoms with Gasteiger partial charge in [-0.2, -0.15) is 0 Å². The number of para-hydroxylation sites is 2. The lowest BCUT2D eigenvalue weighted by Crippen LogP contribution is -2.50. The van der Waals surface area contributed by atoms with E-state index in [0.29, 0.717) is 5.92 Å². The number of aromatic nitrogens is 1. The number of nitrogens with zero attached hydrogens (tertiary/aromatic N) is 4. The maximum Gasteiger partial charge on any atom is 0.159 e. The third-order valence-electron chi connectivity index (χ3n) is 15.1. The second-order valence-electron chi connectivity index (χ2n) is 18.2. The van der Waals surface area contributed by atoms with Gasteiger partial charge in [-0.25, -0.2) is 9.98 Å². The highest BCUT2D eigenvalue weighted by Gasteiger charge is 2.51. The topological polar surface area (TPSA) is 32.9 Å². The molecule has 12 rings (SSSR count). The van der Waals surface area contributed by atoms with Crippen molar-refractivity contribution in [3.8, 4) is 27.9 Å². The van der Waals surface area contributed by atoms with Crippen LogP contribution in [-0.4, -0.2) is 34.4 Å². The summed E-state index contributed by atoms with van der Waals surface area (Å²) < 4.78 is 2.57. The van der Waals surface area contributed by atoms with Gasteiger partial charge in [-0.15, -0.1) is 0 Å². The van der Waals surface area contributed by atoms with Gasteiger partial charge in [-0.3, -0.25) is 0 Å². The number of hydrogen-bond donors (Lipinski definition) is 0. The number of hydrogen-bond acceptors (Lipinski definition) is 3. The van der Waals surface area contributed by atoms with Gasteiger partial charge >= 0.3 is 0 Å². The molecule has 0 spiro atoms. The van der Waals surface area contributed by atoms with Gasteiger partial charge in [0.2, 0.25) is 0 Å². The molecule has 4 nitrogen and oxygen atoms in total. The highest BCUT2D eigenvalue weighted by atomic mass is 15.3. The van der Waals surface area contributed by atoms with E-state index in [9.17, 15) is 0 Å². The van der Waals surface area contributed by atoms with Crippen molar-refractivity contribution in [1.82, 2.24) is 9.47 Å². The highest BCUT2D eigenvalue weighted by Crippen LogP contribution is 2.59. The van der Waals surface area contributed by atoms with E-state index in [1.165, 1.54) is 66.8 Å². The van der Waals surface area contributed by atoms with Crippen LogP contribution in [0, 0.1) is 17.8 Å². The second-order valence-corrected chi connectivity index (χ2v) is 18.2. The monoisotopic (exact) mass is 788 g/mol. The van der Waals surface area contributed by atoms with Crippen molar-refractivity contribution in [2.75, 3.05) is 7.05 Å². The van der Waals surface area contributed by atoms with Gasteiger partial charge in [0.05, 0.1) is 11.2 Å². The number of allylic oxidation sites excluding steroid dienone is 3. The van der Waals surface area contributed by atoms with Gasteiger partial charge in [0, 0.05) is 57.6 Å². The molecule has 1 aromatic heterocycles. The van der Waals surface area contributed by atoms with Gasteiger partial charge < -0.3 is 9.47 Å². The fourth-order valence-electron chi connectivity index (χ4n) is 11.7. The zero-order valence-electron chi connectivity index (χ0n) is 35.1. The summed E-state index contributed by atoms with van der Waals surface area (Å²) in [6.45, 7) is 7.38. The Hall–Kier alpha value is -6.78. The van der Waals surface area contributed by atoms with Crippen LogP contribution in [0.15, 0.2) is 186 Å². The summed E-state index contributed by atoms with van der Waals surface area (Å²) in [5.74, 6) is 2.30. The van der Waals surface area contributed by atoms with Crippen LogP contribution < -0.4 is 0 Å². The van der Waals surface area contributed by atoms with E-state index in [-0.39, 0.29) is 28.8 Å². The van der Waals surface area contributed by atoms with Crippen LogP contribution in [0.2, 0.25) is 0 Å². The molecule has 0 saturated carbocycles. The molecule has 6 atom stereocenters. The van der Waals surface area contributed by atoms with E-state index in [1.807, 2.05) is 0 Å². The summed E-state index contributed by atoms with van der Waals surface area (Å²) in [5, 5.41) is 1.30. The number of amidine groups is 2. The van der Waals surface area contributed by atoms with Gasteiger partial charge in [-0.05, 0) is 70.2 Å². The van der Waals surface area contributed by atoms with Gasteiger partial charge in [0.15, 0.2) is 5.84 Å². The molecular formula is C57H48N4. The van der Waals surface area contributed by atoms with Crippen LogP contribution in [0.3, 0.4) is 0 Å². The first-order valence-electron chi connectivity index (χ1n) is 21.9. The summed E-state index contributed by atoms with van der Waals surface area (Å²) in [6.07, 6.45) is 13.0. The number of aliphatic imine (C=N–C) groups is 2. The molecule has 2 aliphatic heterocycles. The molecule has 5 aliphatic rings. The van der Waals surface area contributed by atoms with Crippen molar-refractivity contribution in [3.63, 3.8) is 0 Å². The summed E-state index contributed by atoms with van der Waals surface area (Å²) >= 11 is 0. The number of fused-ring (bicyclic) bond motifs is 6. The lowest BCUT2D eigenvalue weighted by molar-refractivity contribution is 0.163. The Bertz CT molecular complexity index is 3070. The minimum atomic E-state index is -0.326. The molecule has 6 unspecified atom stereocenters. The molecule has 0 bridgehead atoms. The maximum atomic E-state index is 5.81. The van der Waals surface area contributed by atoms with Gasteiger partial charge in [-0.1, -0.05) is 184 Å². The Kier molecular flexibility index (Phi) is 7.91. The Morgan fingerprint density at radius 3 is 2.13 bits per heavy atom. The SMILES string of the molecule is CC1C(C2N=C(C3=CC4C=Cc5c6n(c7ccccc57)-c5ccccc5-c5cccc3c5C64C)N=C(c3ccccc3)N2C)C=CCC1(C)c1ccc(-c2ccccc2)cc1. The zero-order chi connectivity index (χ0) is 41.0. The summed E-state index contributed by atoms with van der Waals surface area (Å²) in [7, 11) is 2.19. The minimum Gasteiger partial charge on any atom is -0.336 e. The molecule has 296 valence electrons. The largest absolute Gasteiger partial charge is 0.336 e. The van der Waals surface area contributed by atoms with E-state index in [4.69, 9.17) is 9.98 Å². The molecule has 0 radical (unpaired) electrons. The Labute approximate surface area is 358 Å². The standard InChI is InChI=1S/C57H48N4/c1-36-42(25-16-34-56(36,2)40-30-28-38(29-31-40)37-17-7-5-8-18-37)55-59-53(58-54(60(55)4)39-19-9-6-10-20-39)48-35-41-32-33-47-44-22-12-14-27-50(44)61-49-26-13-11-21-43(49)45-23-15-24-46(48)51(45)57(41,3)52(47)61/h5-33,35-36,41-42,55H,34H2,1-4H3. The van der Waals surface area contributed by atoms with Gasteiger partial charge in [0.25, 0.3) is 0 Å². The van der Waals surface area contributed by atoms with E-state index in [1.54, 1.807) is 0 Å². The number of rotatable bonds is 5. The first kappa shape index (κ1) is 36.1. The smallest absolute Gasteiger partial charge is 0.159 e. The minimum absolute atomic E-state index is 0.0776. The molecule has 61 heavy (non-hydrogen) atoms. The third kappa shape index (κ3) is 5.11.